The highest BCUT2D eigenvalue weighted by Gasteiger charge is 2.22. The molecule has 3 heteroatoms. The van der Waals surface area contributed by atoms with Gasteiger partial charge in [-0.3, -0.25) is 9.59 Å². The molecule has 0 bridgehead atoms. The van der Waals surface area contributed by atoms with Crippen LogP contribution in [0, 0.1) is 0 Å². The molecule has 0 unspecified atom stereocenters. The summed E-state index contributed by atoms with van der Waals surface area (Å²) < 4.78 is 0. The van der Waals surface area contributed by atoms with Gasteiger partial charge >= 0.3 is 0 Å². The molecule has 1 fully saturated rings. The lowest BCUT2D eigenvalue weighted by atomic mass is 10.1. The molecule has 3 nitrogen and oxygen atoms in total. The molecular formula is C12H15NO2. The van der Waals surface area contributed by atoms with Gasteiger partial charge in [0.25, 0.3) is 0 Å². The van der Waals surface area contributed by atoms with Crippen LogP contribution in [0.1, 0.15) is 19.8 Å². The maximum atomic E-state index is 11.4. The summed E-state index contributed by atoms with van der Waals surface area (Å²) in [5.74, 6) is -0.0153. The molecule has 80 valence electrons. The van der Waals surface area contributed by atoms with Crippen molar-refractivity contribution < 1.29 is 9.59 Å². The van der Waals surface area contributed by atoms with E-state index < -0.39 is 0 Å². The van der Waals surface area contributed by atoms with E-state index in [0.29, 0.717) is 24.2 Å². The molecule has 1 saturated heterocycles. The Labute approximate surface area is 89.8 Å². The summed E-state index contributed by atoms with van der Waals surface area (Å²) >= 11 is 0. The average Bonchev–Trinajstić information content (AvgIpc) is 2.60. The number of likely N-dealkylation sites (tertiary alicyclic amines) is 1. The van der Waals surface area contributed by atoms with Gasteiger partial charge in [-0.05, 0) is 25.5 Å². The molecular weight excluding hydrogens is 190 g/mol. The Hall–Kier alpha value is -1.64. The molecule has 0 aliphatic carbocycles. The van der Waals surface area contributed by atoms with E-state index in [9.17, 15) is 9.59 Å². The maximum absolute atomic E-state index is 11.4. The number of rotatable bonds is 4. The van der Waals surface area contributed by atoms with Gasteiger partial charge in [0.05, 0.1) is 0 Å². The first-order valence-electron chi connectivity index (χ1n) is 4.90. The lowest BCUT2D eigenvalue weighted by Crippen LogP contribution is -2.23. The fourth-order valence-corrected chi connectivity index (χ4v) is 1.45. The number of Topliss-reactive ketones (excluding diaryl/α,β-unsaturated/α-hetero) is 1. The molecule has 0 spiro atoms. The number of hydrogen-bond donors (Lipinski definition) is 0. The molecule has 0 N–H and O–H groups in total. The summed E-state index contributed by atoms with van der Waals surface area (Å²) in [5.41, 5.74) is 1.06. The van der Waals surface area contributed by atoms with Crippen molar-refractivity contribution in [1.82, 2.24) is 4.90 Å². The van der Waals surface area contributed by atoms with Gasteiger partial charge in [-0.15, -0.1) is 0 Å². The predicted molar refractivity (Wildman–Crippen MR) is 59.0 cm³/mol. The van der Waals surface area contributed by atoms with Crippen LogP contribution in [0.4, 0.5) is 0 Å². The third-order valence-corrected chi connectivity index (χ3v) is 2.37. The van der Waals surface area contributed by atoms with Gasteiger partial charge in [-0.2, -0.15) is 0 Å². The van der Waals surface area contributed by atoms with Crippen LogP contribution in [0.2, 0.25) is 0 Å². The van der Waals surface area contributed by atoms with Gasteiger partial charge in [0.1, 0.15) is 0 Å². The van der Waals surface area contributed by atoms with Gasteiger partial charge in [-0.25, -0.2) is 0 Å². The number of nitrogens with zero attached hydrogens (tertiary/aromatic N) is 1. The minimum atomic E-state index is -0.0963. The first-order valence-corrected chi connectivity index (χ1v) is 4.90. The molecule has 1 rings (SSSR count). The first kappa shape index (κ1) is 11.4. The Kier molecular flexibility index (Phi) is 3.61. The highest BCUT2D eigenvalue weighted by atomic mass is 16.2. The lowest BCUT2D eigenvalue weighted by Gasteiger charge is -2.16. The van der Waals surface area contributed by atoms with Gasteiger partial charge in [0.15, 0.2) is 5.78 Å². The Balaban J connectivity index is 2.88. The number of carbonyl (C=O) groups excluding carboxylic acids is 2. The second kappa shape index (κ2) is 4.73. The zero-order valence-electron chi connectivity index (χ0n) is 8.95. The summed E-state index contributed by atoms with van der Waals surface area (Å²) in [4.78, 5) is 24.1. The Bertz CT molecular complexity index is 353. The van der Waals surface area contributed by atoms with E-state index in [4.69, 9.17) is 0 Å². The van der Waals surface area contributed by atoms with Crippen molar-refractivity contribution in [3.8, 4) is 0 Å². The summed E-state index contributed by atoms with van der Waals surface area (Å²) in [6, 6.07) is 0. The van der Waals surface area contributed by atoms with E-state index >= 15 is 0 Å². The van der Waals surface area contributed by atoms with Crippen LogP contribution in [0.25, 0.3) is 0 Å². The van der Waals surface area contributed by atoms with Crippen LogP contribution >= 0.6 is 0 Å². The quantitative estimate of drug-likeness (QED) is 0.518. The van der Waals surface area contributed by atoms with E-state index in [-0.39, 0.29) is 11.7 Å². The summed E-state index contributed by atoms with van der Waals surface area (Å²) in [7, 11) is 0. The van der Waals surface area contributed by atoms with Crippen LogP contribution in [0.15, 0.2) is 36.6 Å². The molecule has 0 aromatic rings. The van der Waals surface area contributed by atoms with Crippen molar-refractivity contribution in [3.63, 3.8) is 0 Å². The van der Waals surface area contributed by atoms with Crippen molar-refractivity contribution >= 4 is 11.7 Å². The smallest absolute Gasteiger partial charge is 0.227 e. The van der Waals surface area contributed by atoms with Crippen molar-refractivity contribution in [3.05, 3.63) is 36.6 Å². The van der Waals surface area contributed by atoms with E-state index in [1.807, 2.05) is 0 Å². The number of amides is 1. The summed E-state index contributed by atoms with van der Waals surface area (Å²) in [6.07, 6.45) is 4.62. The second-order valence-electron chi connectivity index (χ2n) is 3.50. The Morgan fingerprint density at radius 3 is 2.60 bits per heavy atom. The molecule has 0 aromatic heterocycles. The third kappa shape index (κ3) is 2.65. The largest absolute Gasteiger partial charge is 0.312 e. The molecule has 0 saturated carbocycles. The van der Waals surface area contributed by atoms with Crippen LogP contribution in [0.5, 0.6) is 0 Å². The Morgan fingerprint density at radius 2 is 2.20 bits per heavy atom. The predicted octanol–water partition coefficient (Wildman–Crippen LogP) is 1.82. The van der Waals surface area contributed by atoms with Crippen LogP contribution in [0.3, 0.4) is 0 Å². The third-order valence-electron chi connectivity index (χ3n) is 2.37. The number of carbonyl (C=O) groups is 2. The fourth-order valence-electron chi connectivity index (χ4n) is 1.45. The zero-order chi connectivity index (χ0) is 11.4. The van der Waals surface area contributed by atoms with Crippen LogP contribution < -0.4 is 0 Å². The highest BCUT2D eigenvalue weighted by Crippen LogP contribution is 2.18. The minimum absolute atomic E-state index is 0.0810. The average molecular weight is 205 g/mol. The van der Waals surface area contributed by atoms with E-state index in [1.165, 1.54) is 6.92 Å². The van der Waals surface area contributed by atoms with Gasteiger partial charge < -0.3 is 4.90 Å². The standard InChI is InChI=1S/C12H15NO2/c1-4-11(8-9(2)10(3)14)13-7-5-6-12(13)15/h4,8H,1-2,5-7H2,3H3/b11-8+. The van der Waals surface area contributed by atoms with E-state index in [1.54, 1.807) is 17.1 Å². The van der Waals surface area contributed by atoms with Crippen LogP contribution in [-0.2, 0) is 9.59 Å². The molecule has 0 atom stereocenters. The molecule has 15 heavy (non-hydrogen) atoms. The first-order chi connectivity index (χ1) is 7.06. The number of hydrogen-bond acceptors (Lipinski definition) is 2. The number of allylic oxidation sites excluding steroid dienone is 3. The van der Waals surface area contributed by atoms with Gasteiger partial charge in [-0.1, -0.05) is 13.2 Å². The molecule has 0 radical (unpaired) electrons. The van der Waals surface area contributed by atoms with Crippen molar-refractivity contribution in [2.75, 3.05) is 6.54 Å². The van der Waals surface area contributed by atoms with E-state index in [0.717, 1.165) is 6.42 Å². The van der Waals surface area contributed by atoms with E-state index in [2.05, 4.69) is 13.2 Å². The second-order valence-corrected chi connectivity index (χ2v) is 3.50. The van der Waals surface area contributed by atoms with Gasteiger partial charge in [0.2, 0.25) is 5.91 Å². The topological polar surface area (TPSA) is 37.4 Å². The maximum Gasteiger partial charge on any atom is 0.227 e. The Morgan fingerprint density at radius 1 is 1.53 bits per heavy atom. The molecule has 1 aliphatic rings. The van der Waals surface area contributed by atoms with Crippen molar-refractivity contribution in [2.24, 2.45) is 0 Å². The number of ketones is 1. The summed E-state index contributed by atoms with van der Waals surface area (Å²) in [5, 5.41) is 0. The highest BCUT2D eigenvalue weighted by molar-refractivity contribution is 5.95. The monoisotopic (exact) mass is 205 g/mol. The van der Waals surface area contributed by atoms with Crippen molar-refractivity contribution in [2.45, 2.75) is 19.8 Å². The molecule has 1 aliphatic heterocycles. The zero-order valence-corrected chi connectivity index (χ0v) is 8.95. The van der Waals surface area contributed by atoms with Crippen LogP contribution in [-0.4, -0.2) is 23.1 Å². The van der Waals surface area contributed by atoms with Crippen molar-refractivity contribution in [1.29, 1.82) is 0 Å². The minimum Gasteiger partial charge on any atom is -0.312 e. The van der Waals surface area contributed by atoms with Gasteiger partial charge in [0, 0.05) is 24.2 Å². The summed E-state index contributed by atoms with van der Waals surface area (Å²) in [6.45, 7) is 9.41. The lowest BCUT2D eigenvalue weighted by molar-refractivity contribution is -0.126. The fraction of sp³-hybridized carbons (Fsp3) is 0.333. The molecule has 1 amide bonds. The molecule has 1 heterocycles. The SMILES string of the molecule is C=C/C(=C\C(=C)C(C)=O)N1CCCC1=O. The molecule has 0 aromatic carbocycles. The normalized spacial score (nSPS) is 16.7.